The van der Waals surface area contributed by atoms with Gasteiger partial charge in [0.25, 0.3) is 0 Å². The molecule has 0 aliphatic carbocycles. The molecule has 2 rings (SSSR count). The van der Waals surface area contributed by atoms with Gasteiger partial charge >= 0.3 is 0 Å². The van der Waals surface area contributed by atoms with Gasteiger partial charge < -0.3 is 5.32 Å². The highest BCUT2D eigenvalue weighted by atomic mass is 35.5. The molecule has 2 heterocycles. The highest BCUT2D eigenvalue weighted by molar-refractivity contribution is 8.07. The fourth-order valence-corrected chi connectivity index (χ4v) is 6.10. The monoisotopic (exact) mass is 333 g/mol. The van der Waals surface area contributed by atoms with Crippen LogP contribution in [0.5, 0.6) is 0 Å². The van der Waals surface area contributed by atoms with Crippen LogP contribution in [-0.2, 0) is 19.9 Å². The quantitative estimate of drug-likeness (QED) is 0.897. The summed E-state index contributed by atoms with van der Waals surface area (Å²) in [6.45, 7) is 4.44. The van der Waals surface area contributed by atoms with Crippen molar-refractivity contribution in [3.8, 4) is 0 Å². The molecule has 0 bridgehead atoms. The summed E-state index contributed by atoms with van der Waals surface area (Å²) in [5.74, 6) is 2.52. The predicted molar refractivity (Wildman–Crippen MR) is 92.3 cm³/mol. The van der Waals surface area contributed by atoms with E-state index in [1.807, 2.05) is 11.7 Å². The average Bonchev–Trinajstić information content (AvgIpc) is 2.72. The number of aryl methyl sites for hydroxylation is 2. The molecule has 6 heteroatoms. The summed E-state index contributed by atoms with van der Waals surface area (Å²) in [6.07, 6.45) is 1.84. The zero-order valence-corrected chi connectivity index (χ0v) is 15.0. The first-order valence-corrected chi connectivity index (χ1v) is 9.66. The van der Waals surface area contributed by atoms with Gasteiger partial charge in [0, 0.05) is 41.5 Å². The van der Waals surface area contributed by atoms with Gasteiger partial charge in [-0.1, -0.05) is 25.4 Å². The summed E-state index contributed by atoms with van der Waals surface area (Å²) in [7, 11) is 4.06. The number of nitrogens with one attached hydrogen (secondary N) is 1. The molecular weight excluding hydrogens is 310 g/mol. The lowest BCUT2D eigenvalue weighted by Gasteiger charge is -2.34. The van der Waals surface area contributed by atoms with E-state index in [2.05, 4.69) is 54.8 Å². The molecule has 3 atom stereocenters. The third-order valence-corrected chi connectivity index (χ3v) is 7.61. The van der Waals surface area contributed by atoms with Crippen molar-refractivity contribution in [1.29, 1.82) is 0 Å². The molecule has 1 N–H and O–H groups in total. The molecule has 0 spiro atoms. The van der Waals surface area contributed by atoms with E-state index in [9.17, 15) is 0 Å². The SMILES string of the molecule is CCc1nn(C)c(CC(NC)C2SCCSC2C)c1Cl. The van der Waals surface area contributed by atoms with Crippen molar-refractivity contribution in [2.24, 2.45) is 7.05 Å². The minimum absolute atomic E-state index is 0.445. The standard InChI is InChI=1S/C14H24ClN3S2/c1-5-10-13(15)12(18(4)17-10)8-11(16-3)14-9(2)19-6-7-20-14/h9,11,14,16H,5-8H2,1-4H3. The van der Waals surface area contributed by atoms with Gasteiger partial charge in [0.05, 0.1) is 16.4 Å². The summed E-state index contributed by atoms with van der Waals surface area (Å²) in [6, 6.07) is 0.445. The van der Waals surface area contributed by atoms with E-state index in [4.69, 9.17) is 11.6 Å². The van der Waals surface area contributed by atoms with E-state index in [0.717, 1.165) is 29.3 Å². The normalized spacial score (nSPS) is 24.9. The van der Waals surface area contributed by atoms with E-state index < -0.39 is 0 Å². The summed E-state index contributed by atoms with van der Waals surface area (Å²) in [5, 5.41) is 10.2. The number of likely N-dealkylation sites (N-methyl/N-ethyl adjacent to an activating group) is 1. The van der Waals surface area contributed by atoms with E-state index in [0.29, 0.717) is 16.5 Å². The number of nitrogens with zero attached hydrogens (tertiary/aromatic N) is 2. The second-order valence-corrected chi connectivity index (χ2v) is 8.34. The molecule has 1 saturated heterocycles. The molecule has 1 aliphatic heterocycles. The minimum atomic E-state index is 0.445. The van der Waals surface area contributed by atoms with Gasteiger partial charge in [0.2, 0.25) is 0 Å². The van der Waals surface area contributed by atoms with Gasteiger partial charge in [-0.15, -0.1) is 0 Å². The Morgan fingerprint density at radius 2 is 2.15 bits per heavy atom. The molecule has 1 aromatic heterocycles. The molecule has 1 aromatic rings. The second kappa shape index (κ2) is 7.43. The van der Waals surface area contributed by atoms with Crippen molar-refractivity contribution in [3.05, 3.63) is 16.4 Å². The van der Waals surface area contributed by atoms with E-state index in [1.165, 1.54) is 11.5 Å². The maximum atomic E-state index is 6.48. The lowest BCUT2D eigenvalue weighted by Crippen LogP contribution is -2.44. The van der Waals surface area contributed by atoms with Gasteiger partial charge in [0.1, 0.15) is 0 Å². The zero-order chi connectivity index (χ0) is 14.7. The van der Waals surface area contributed by atoms with Crippen LogP contribution in [0.15, 0.2) is 0 Å². The fourth-order valence-electron chi connectivity index (χ4n) is 2.72. The highest BCUT2D eigenvalue weighted by Gasteiger charge is 2.31. The van der Waals surface area contributed by atoms with Crippen molar-refractivity contribution in [2.75, 3.05) is 18.6 Å². The lowest BCUT2D eigenvalue weighted by molar-refractivity contribution is 0.512. The van der Waals surface area contributed by atoms with Crippen molar-refractivity contribution >= 4 is 35.1 Å². The van der Waals surface area contributed by atoms with Crippen molar-refractivity contribution < 1.29 is 0 Å². The topological polar surface area (TPSA) is 29.9 Å². The molecule has 1 aliphatic rings. The highest BCUT2D eigenvalue weighted by Crippen LogP contribution is 2.34. The van der Waals surface area contributed by atoms with Crippen LogP contribution < -0.4 is 5.32 Å². The van der Waals surface area contributed by atoms with E-state index >= 15 is 0 Å². The van der Waals surface area contributed by atoms with Gasteiger partial charge in [-0.05, 0) is 13.5 Å². The summed E-state index contributed by atoms with van der Waals surface area (Å²) >= 11 is 10.7. The average molecular weight is 334 g/mol. The Morgan fingerprint density at radius 3 is 2.70 bits per heavy atom. The Morgan fingerprint density at radius 1 is 1.45 bits per heavy atom. The molecule has 0 saturated carbocycles. The maximum absolute atomic E-state index is 6.48. The van der Waals surface area contributed by atoms with Crippen LogP contribution in [0.2, 0.25) is 5.02 Å². The molecular formula is C14H24ClN3S2. The Bertz CT molecular complexity index is 450. The second-order valence-electron chi connectivity index (χ2n) is 5.20. The Balaban J connectivity index is 2.15. The summed E-state index contributed by atoms with van der Waals surface area (Å²) in [5.41, 5.74) is 2.17. The molecule has 1 fully saturated rings. The molecule has 114 valence electrons. The summed E-state index contributed by atoms with van der Waals surface area (Å²) < 4.78 is 1.96. The fraction of sp³-hybridized carbons (Fsp3) is 0.786. The van der Waals surface area contributed by atoms with Gasteiger partial charge in [-0.2, -0.15) is 28.6 Å². The number of thioether (sulfide) groups is 2. The van der Waals surface area contributed by atoms with E-state index in [1.54, 1.807) is 0 Å². The molecule has 3 unspecified atom stereocenters. The largest absolute Gasteiger partial charge is 0.315 e. The van der Waals surface area contributed by atoms with Crippen LogP contribution in [0.4, 0.5) is 0 Å². The Kier molecular flexibility index (Phi) is 6.14. The van der Waals surface area contributed by atoms with Gasteiger partial charge in [0.15, 0.2) is 0 Å². The van der Waals surface area contributed by atoms with Crippen molar-refractivity contribution in [2.45, 2.75) is 43.2 Å². The number of rotatable bonds is 5. The van der Waals surface area contributed by atoms with Crippen LogP contribution in [-0.4, -0.2) is 44.9 Å². The van der Waals surface area contributed by atoms with Crippen LogP contribution in [0.1, 0.15) is 25.2 Å². The number of halogens is 1. The number of hydrogen-bond acceptors (Lipinski definition) is 4. The molecule has 0 amide bonds. The van der Waals surface area contributed by atoms with Crippen LogP contribution in [0.3, 0.4) is 0 Å². The molecule has 0 radical (unpaired) electrons. The Labute approximate surface area is 135 Å². The molecule has 3 nitrogen and oxygen atoms in total. The first kappa shape index (κ1) is 16.5. The third-order valence-electron chi connectivity index (χ3n) is 3.92. The van der Waals surface area contributed by atoms with Gasteiger partial charge in [-0.25, -0.2) is 0 Å². The van der Waals surface area contributed by atoms with E-state index in [-0.39, 0.29) is 0 Å². The van der Waals surface area contributed by atoms with Crippen molar-refractivity contribution in [3.63, 3.8) is 0 Å². The third kappa shape index (κ3) is 3.49. The Hall–Kier alpha value is 0.160. The molecule has 20 heavy (non-hydrogen) atoms. The van der Waals surface area contributed by atoms with Crippen LogP contribution in [0, 0.1) is 0 Å². The van der Waals surface area contributed by atoms with Gasteiger partial charge in [-0.3, -0.25) is 4.68 Å². The smallest absolute Gasteiger partial charge is 0.0850 e. The molecule has 0 aromatic carbocycles. The lowest BCUT2D eigenvalue weighted by atomic mass is 10.0. The van der Waals surface area contributed by atoms with Crippen LogP contribution >= 0.6 is 35.1 Å². The summed E-state index contributed by atoms with van der Waals surface area (Å²) in [4.78, 5) is 0. The zero-order valence-electron chi connectivity index (χ0n) is 12.6. The number of hydrogen-bond donors (Lipinski definition) is 1. The first-order chi connectivity index (χ1) is 9.58. The maximum Gasteiger partial charge on any atom is 0.0850 e. The van der Waals surface area contributed by atoms with Crippen molar-refractivity contribution in [1.82, 2.24) is 15.1 Å². The number of aromatic nitrogens is 2. The predicted octanol–water partition coefficient (Wildman–Crippen LogP) is 3.00. The first-order valence-electron chi connectivity index (χ1n) is 7.19. The minimum Gasteiger partial charge on any atom is -0.315 e. The van der Waals surface area contributed by atoms with Crippen LogP contribution in [0.25, 0.3) is 0 Å².